The number of nitrogens with two attached hydrogens (primary N) is 1. The highest BCUT2D eigenvalue weighted by molar-refractivity contribution is 6.68. The number of nitrogen functional groups attached to an aromatic ring is 1. The number of carbonyl (C=O) groups excluding carboxylic acids is 1. The lowest BCUT2D eigenvalue weighted by Crippen LogP contribution is -2.04. The Kier molecular flexibility index (Phi) is 3.23. The standard InChI is InChI=1S/C7H4Cl2F2N2O/c8-4-3(6(10)11)2(5(9)14)1-13-7(4)12/h1,6H,(H2,12,13). The van der Waals surface area contributed by atoms with Crippen LogP contribution in [0, 0.1) is 0 Å². The molecule has 76 valence electrons. The van der Waals surface area contributed by atoms with Gasteiger partial charge in [-0.05, 0) is 11.6 Å². The van der Waals surface area contributed by atoms with E-state index in [4.69, 9.17) is 28.9 Å². The molecule has 0 aliphatic carbocycles. The van der Waals surface area contributed by atoms with Crippen LogP contribution in [0.15, 0.2) is 6.20 Å². The van der Waals surface area contributed by atoms with Crippen LogP contribution >= 0.6 is 23.2 Å². The summed E-state index contributed by atoms with van der Waals surface area (Å²) >= 11 is 10.5. The molecule has 0 radical (unpaired) electrons. The van der Waals surface area contributed by atoms with E-state index < -0.39 is 27.8 Å². The van der Waals surface area contributed by atoms with E-state index in [1.807, 2.05) is 0 Å². The van der Waals surface area contributed by atoms with Crippen molar-refractivity contribution < 1.29 is 13.6 Å². The molecular formula is C7H4Cl2F2N2O. The SMILES string of the molecule is Nc1ncc(C(=O)Cl)c(C(F)F)c1Cl. The zero-order chi connectivity index (χ0) is 10.9. The molecule has 1 aromatic heterocycles. The third-order valence-electron chi connectivity index (χ3n) is 1.51. The molecule has 0 unspecified atom stereocenters. The number of halogens is 4. The van der Waals surface area contributed by atoms with Gasteiger partial charge in [0.15, 0.2) is 0 Å². The Balaban J connectivity index is 3.45. The van der Waals surface area contributed by atoms with Crippen molar-refractivity contribution in [2.75, 3.05) is 5.73 Å². The van der Waals surface area contributed by atoms with E-state index in [0.29, 0.717) is 0 Å². The van der Waals surface area contributed by atoms with E-state index in [2.05, 4.69) is 4.98 Å². The number of hydrogen-bond acceptors (Lipinski definition) is 3. The van der Waals surface area contributed by atoms with Crippen LogP contribution in [0.3, 0.4) is 0 Å². The van der Waals surface area contributed by atoms with E-state index in [-0.39, 0.29) is 5.82 Å². The molecule has 14 heavy (non-hydrogen) atoms. The topological polar surface area (TPSA) is 56.0 Å². The lowest BCUT2D eigenvalue weighted by Gasteiger charge is -2.08. The van der Waals surface area contributed by atoms with Gasteiger partial charge in [0.2, 0.25) is 0 Å². The van der Waals surface area contributed by atoms with Gasteiger partial charge in [-0.1, -0.05) is 11.6 Å². The second-order valence-electron chi connectivity index (χ2n) is 2.36. The molecular weight excluding hydrogens is 237 g/mol. The van der Waals surface area contributed by atoms with Gasteiger partial charge in [-0.25, -0.2) is 13.8 Å². The van der Waals surface area contributed by atoms with Gasteiger partial charge >= 0.3 is 0 Å². The van der Waals surface area contributed by atoms with Crippen LogP contribution in [0.1, 0.15) is 22.3 Å². The average molecular weight is 241 g/mol. The minimum absolute atomic E-state index is 0.261. The van der Waals surface area contributed by atoms with Crippen molar-refractivity contribution in [1.29, 1.82) is 0 Å². The van der Waals surface area contributed by atoms with Crippen LogP contribution in [0.2, 0.25) is 5.02 Å². The number of anilines is 1. The molecule has 3 nitrogen and oxygen atoms in total. The van der Waals surface area contributed by atoms with Gasteiger partial charge in [0, 0.05) is 6.20 Å². The molecule has 1 heterocycles. The van der Waals surface area contributed by atoms with Crippen molar-refractivity contribution in [2.24, 2.45) is 0 Å². The van der Waals surface area contributed by atoms with Gasteiger partial charge < -0.3 is 5.73 Å². The number of carbonyl (C=O) groups is 1. The third-order valence-corrected chi connectivity index (χ3v) is 2.12. The first kappa shape index (κ1) is 11.1. The Hall–Kier alpha value is -0.940. The third kappa shape index (κ3) is 1.93. The van der Waals surface area contributed by atoms with Crippen molar-refractivity contribution in [1.82, 2.24) is 4.98 Å². The van der Waals surface area contributed by atoms with Crippen molar-refractivity contribution in [2.45, 2.75) is 6.43 Å². The molecule has 2 N–H and O–H groups in total. The highest BCUT2D eigenvalue weighted by Crippen LogP contribution is 2.33. The molecule has 0 saturated carbocycles. The molecule has 0 atom stereocenters. The van der Waals surface area contributed by atoms with Crippen molar-refractivity contribution in [3.05, 3.63) is 22.3 Å². The summed E-state index contributed by atoms with van der Waals surface area (Å²) in [4.78, 5) is 14.2. The number of nitrogens with zero attached hydrogens (tertiary/aromatic N) is 1. The maximum atomic E-state index is 12.5. The van der Waals surface area contributed by atoms with Gasteiger partial charge in [0.05, 0.1) is 16.1 Å². The Morgan fingerprint density at radius 3 is 2.57 bits per heavy atom. The molecule has 0 amide bonds. The van der Waals surface area contributed by atoms with E-state index in [0.717, 1.165) is 6.20 Å². The van der Waals surface area contributed by atoms with Crippen molar-refractivity contribution >= 4 is 34.3 Å². The molecule has 0 saturated heterocycles. The summed E-state index contributed by atoms with van der Waals surface area (Å²) < 4.78 is 24.9. The zero-order valence-corrected chi connectivity index (χ0v) is 8.11. The minimum Gasteiger partial charge on any atom is -0.382 e. The van der Waals surface area contributed by atoms with Crippen LogP contribution in [0.5, 0.6) is 0 Å². The Labute approximate surface area is 87.8 Å². The lowest BCUT2D eigenvalue weighted by molar-refractivity contribution is 0.106. The monoisotopic (exact) mass is 240 g/mol. The maximum Gasteiger partial charge on any atom is 0.266 e. The first-order chi connectivity index (χ1) is 6.45. The van der Waals surface area contributed by atoms with Crippen molar-refractivity contribution in [3.63, 3.8) is 0 Å². The van der Waals surface area contributed by atoms with Gasteiger partial charge in [-0.2, -0.15) is 0 Å². The summed E-state index contributed by atoms with van der Waals surface area (Å²) in [5.74, 6) is -0.261. The summed E-state index contributed by atoms with van der Waals surface area (Å²) in [7, 11) is 0. The molecule has 0 bridgehead atoms. The molecule has 0 aliphatic heterocycles. The van der Waals surface area contributed by atoms with Gasteiger partial charge in [0.25, 0.3) is 11.7 Å². The Morgan fingerprint density at radius 1 is 1.57 bits per heavy atom. The molecule has 1 aromatic rings. The van der Waals surface area contributed by atoms with Crippen LogP contribution in [0.4, 0.5) is 14.6 Å². The fourth-order valence-corrected chi connectivity index (χ4v) is 1.27. The van der Waals surface area contributed by atoms with Crippen LogP contribution in [-0.4, -0.2) is 10.2 Å². The predicted octanol–water partition coefficient (Wildman–Crippen LogP) is 2.63. The summed E-state index contributed by atoms with van der Waals surface area (Å²) in [5, 5.41) is -1.48. The smallest absolute Gasteiger partial charge is 0.266 e. The van der Waals surface area contributed by atoms with E-state index in [9.17, 15) is 13.6 Å². The van der Waals surface area contributed by atoms with E-state index in [1.54, 1.807) is 0 Å². The average Bonchev–Trinajstić information content (AvgIpc) is 2.08. The molecule has 0 spiro atoms. The van der Waals surface area contributed by atoms with Crippen LogP contribution in [0.25, 0.3) is 0 Å². The second kappa shape index (κ2) is 4.06. The largest absolute Gasteiger partial charge is 0.382 e. The second-order valence-corrected chi connectivity index (χ2v) is 3.08. The summed E-state index contributed by atoms with van der Waals surface area (Å²) in [6, 6.07) is 0. The number of hydrogen-bond donors (Lipinski definition) is 1. The number of pyridine rings is 1. The lowest BCUT2D eigenvalue weighted by atomic mass is 10.1. The first-order valence-corrected chi connectivity index (χ1v) is 4.12. The highest BCUT2D eigenvalue weighted by Gasteiger charge is 2.22. The molecule has 0 aliphatic rings. The Morgan fingerprint density at radius 2 is 2.14 bits per heavy atom. The summed E-state index contributed by atoms with van der Waals surface area (Å²) in [5.41, 5.74) is 4.09. The van der Waals surface area contributed by atoms with Crippen molar-refractivity contribution in [3.8, 4) is 0 Å². The summed E-state index contributed by atoms with van der Waals surface area (Å²) in [6.45, 7) is 0. The van der Waals surface area contributed by atoms with Gasteiger partial charge in [0.1, 0.15) is 5.82 Å². The fraction of sp³-hybridized carbons (Fsp3) is 0.143. The first-order valence-electron chi connectivity index (χ1n) is 3.37. The minimum atomic E-state index is -2.93. The molecule has 0 fully saturated rings. The Bertz CT molecular complexity index is 384. The quantitative estimate of drug-likeness (QED) is 0.809. The summed E-state index contributed by atoms with van der Waals surface area (Å²) in [6.07, 6.45) is -2.05. The fourth-order valence-electron chi connectivity index (χ4n) is 0.886. The maximum absolute atomic E-state index is 12.5. The number of rotatable bonds is 2. The zero-order valence-electron chi connectivity index (χ0n) is 6.60. The number of alkyl halides is 2. The van der Waals surface area contributed by atoms with E-state index in [1.165, 1.54) is 0 Å². The molecule has 7 heteroatoms. The van der Waals surface area contributed by atoms with Gasteiger partial charge in [-0.15, -0.1) is 0 Å². The van der Waals surface area contributed by atoms with Crippen LogP contribution < -0.4 is 5.73 Å². The normalized spacial score (nSPS) is 10.6. The predicted molar refractivity (Wildman–Crippen MR) is 48.8 cm³/mol. The van der Waals surface area contributed by atoms with Crippen LogP contribution in [-0.2, 0) is 0 Å². The van der Waals surface area contributed by atoms with E-state index >= 15 is 0 Å². The molecule has 1 rings (SSSR count). The highest BCUT2D eigenvalue weighted by atomic mass is 35.5. The van der Waals surface area contributed by atoms with Gasteiger partial charge in [-0.3, -0.25) is 4.79 Å². The molecule has 0 aromatic carbocycles. The number of aromatic nitrogens is 1.